The standard InChI is InChI=1S/C32H26F2O6S/c1-15-28(40-31(38)32-12-16-7-17(13-32)27(35)18(8-16)14-32)24(39-2)11-23(30(36)37)29(15)41-25-5-3-19(33)9-21(25)22-10-20(34)4-6-26(22)41/h3-6,9-11,16-18H,7-8,12-14H2,1-2H3/p+1. The summed E-state index contributed by atoms with van der Waals surface area (Å²) < 4.78 is 41.7. The van der Waals surface area contributed by atoms with E-state index >= 15 is 0 Å². The van der Waals surface area contributed by atoms with Crippen LogP contribution in [0.15, 0.2) is 42.5 Å². The molecule has 0 radical (unpaired) electrons. The van der Waals surface area contributed by atoms with Crippen LogP contribution in [-0.4, -0.2) is 29.9 Å². The Hall–Kier alpha value is -3.85. The number of carboxylic acid groups (broad SMARTS) is 1. The van der Waals surface area contributed by atoms with Crippen molar-refractivity contribution >= 4 is 48.4 Å². The van der Waals surface area contributed by atoms with Gasteiger partial charge in [-0.3, -0.25) is 9.59 Å². The predicted molar refractivity (Wildman–Crippen MR) is 150 cm³/mol. The van der Waals surface area contributed by atoms with Crippen molar-refractivity contribution in [3.63, 3.8) is 0 Å². The van der Waals surface area contributed by atoms with Gasteiger partial charge in [-0.2, -0.15) is 0 Å². The van der Waals surface area contributed by atoms with E-state index in [1.54, 1.807) is 19.1 Å². The third-order valence-electron chi connectivity index (χ3n) is 9.31. The van der Waals surface area contributed by atoms with Crippen LogP contribution in [0.2, 0.25) is 0 Å². The second-order valence-corrected chi connectivity index (χ2v) is 13.6. The molecule has 0 spiro atoms. The van der Waals surface area contributed by atoms with E-state index in [1.807, 2.05) is 0 Å². The minimum absolute atomic E-state index is 0.0460. The lowest BCUT2D eigenvalue weighted by atomic mass is 9.49. The number of carboxylic acids is 1. The number of rotatable bonds is 5. The zero-order chi connectivity index (χ0) is 28.8. The summed E-state index contributed by atoms with van der Waals surface area (Å²) in [5.74, 6) is -2.00. The highest BCUT2D eigenvalue weighted by molar-refractivity contribution is 7.50. The molecule has 0 amide bonds. The minimum atomic E-state index is -1.20. The average Bonchev–Trinajstić information content (AvgIpc) is 3.24. The van der Waals surface area contributed by atoms with Gasteiger partial charge in [0.15, 0.2) is 20.9 Å². The van der Waals surface area contributed by atoms with Gasteiger partial charge in [0.25, 0.3) is 0 Å². The molecule has 8 rings (SSSR count). The van der Waals surface area contributed by atoms with Crippen molar-refractivity contribution in [3.05, 3.63) is 65.2 Å². The topological polar surface area (TPSA) is 89.9 Å². The molecular weight excluding hydrogens is 550 g/mol. The largest absolute Gasteiger partial charge is 0.493 e. The Morgan fingerprint density at radius 2 is 1.54 bits per heavy atom. The first-order valence-electron chi connectivity index (χ1n) is 13.6. The maximum atomic E-state index is 14.3. The number of benzene rings is 3. The summed E-state index contributed by atoms with van der Waals surface area (Å²) in [5, 5.41) is 11.3. The van der Waals surface area contributed by atoms with Crippen molar-refractivity contribution in [1.29, 1.82) is 0 Å². The first-order valence-corrected chi connectivity index (χ1v) is 14.9. The van der Waals surface area contributed by atoms with Crippen molar-refractivity contribution in [1.82, 2.24) is 0 Å². The summed E-state index contributed by atoms with van der Waals surface area (Å²) >= 11 is 0. The second kappa shape index (κ2) is 9.08. The molecule has 3 aromatic carbocycles. The molecule has 4 aliphatic rings. The molecule has 1 N–H and O–H groups in total. The summed E-state index contributed by atoms with van der Waals surface area (Å²) in [7, 11) is 0.327. The zero-order valence-electron chi connectivity index (χ0n) is 22.5. The van der Waals surface area contributed by atoms with E-state index in [0.717, 1.165) is 12.8 Å². The molecule has 41 heavy (non-hydrogen) atoms. The van der Waals surface area contributed by atoms with Crippen molar-refractivity contribution in [2.45, 2.75) is 39.0 Å². The quantitative estimate of drug-likeness (QED) is 0.152. The van der Waals surface area contributed by atoms with E-state index in [1.165, 1.54) is 37.4 Å². The molecule has 9 heteroatoms. The fourth-order valence-electron chi connectivity index (χ4n) is 7.77. The third kappa shape index (κ3) is 3.81. The summed E-state index contributed by atoms with van der Waals surface area (Å²) in [6, 6.07) is 9.81. The Morgan fingerprint density at radius 1 is 0.951 bits per heavy atom. The van der Waals surface area contributed by atoms with Gasteiger partial charge < -0.3 is 14.6 Å². The van der Waals surface area contributed by atoms with Crippen molar-refractivity contribution in [2.75, 3.05) is 7.11 Å². The van der Waals surface area contributed by atoms with E-state index in [0.29, 0.717) is 55.8 Å². The van der Waals surface area contributed by atoms with Gasteiger partial charge in [-0.15, -0.1) is 0 Å². The van der Waals surface area contributed by atoms with Crippen LogP contribution in [0, 0.1) is 41.7 Å². The van der Waals surface area contributed by atoms with Gasteiger partial charge in [-0.25, -0.2) is 13.6 Å². The molecule has 210 valence electrons. The SMILES string of the molecule is COc1cc(C(=O)O)c(-[s+]2c3ccc(F)cc3c3cc(F)ccc32)c(C)c1OC(=O)C12CC3CC(C1)C(=O)C(C3)C2. The molecule has 4 aromatic rings. The van der Waals surface area contributed by atoms with Gasteiger partial charge in [-0.1, -0.05) is 0 Å². The van der Waals surface area contributed by atoms with Crippen LogP contribution in [0.1, 0.15) is 48.0 Å². The summed E-state index contributed by atoms with van der Waals surface area (Å²) in [4.78, 5) is 39.6. The highest BCUT2D eigenvalue weighted by Crippen LogP contribution is 2.60. The highest BCUT2D eigenvalue weighted by Gasteiger charge is 2.59. The Bertz CT molecular complexity index is 1750. The molecule has 4 saturated carbocycles. The smallest absolute Gasteiger partial charge is 0.341 e. The molecule has 6 nitrogen and oxygen atoms in total. The van der Waals surface area contributed by atoms with E-state index in [2.05, 4.69) is 0 Å². The van der Waals surface area contributed by atoms with Gasteiger partial charge >= 0.3 is 11.9 Å². The lowest BCUT2D eigenvalue weighted by molar-refractivity contribution is -0.167. The van der Waals surface area contributed by atoms with Crippen LogP contribution in [0.25, 0.3) is 25.1 Å². The van der Waals surface area contributed by atoms with Gasteiger partial charge in [0, 0.05) is 40.5 Å². The zero-order valence-corrected chi connectivity index (χ0v) is 23.3. The van der Waals surface area contributed by atoms with Gasteiger partial charge in [0.05, 0.1) is 28.9 Å². The van der Waals surface area contributed by atoms with Crippen molar-refractivity contribution < 1.29 is 37.7 Å². The fourth-order valence-corrected chi connectivity index (χ4v) is 10.4. The number of halogens is 2. The maximum absolute atomic E-state index is 14.3. The van der Waals surface area contributed by atoms with Crippen LogP contribution in [0.3, 0.4) is 0 Å². The van der Waals surface area contributed by atoms with Crippen molar-refractivity contribution in [3.8, 4) is 16.4 Å². The van der Waals surface area contributed by atoms with E-state index in [-0.39, 0.29) is 34.7 Å². The number of ether oxygens (including phenoxy) is 2. The minimum Gasteiger partial charge on any atom is -0.493 e. The monoisotopic (exact) mass is 577 g/mol. The number of Topliss-reactive ketones (excluding diaryl/α,β-unsaturated/α-hetero) is 1. The molecular formula is C32H27F2O6S+. The van der Waals surface area contributed by atoms with Crippen molar-refractivity contribution in [2.24, 2.45) is 23.2 Å². The number of ketones is 1. The number of esters is 1. The van der Waals surface area contributed by atoms with Crippen LogP contribution in [-0.2, 0) is 9.59 Å². The molecule has 0 aliphatic heterocycles. The third-order valence-corrected chi connectivity index (χ3v) is 11.8. The number of hydrogen-bond donors (Lipinski definition) is 1. The summed E-state index contributed by atoms with van der Waals surface area (Å²) in [6.07, 6.45) is 3.28. The van der Waals surface area contributed by atoms with E-state index < -0.39 is 39.5 Å². The average molecular weight is 578 g/mol. The number of fused-ring (bicyclic) bond motifs is 3. The van der Waals surface area contributed by atoms with Gasteiger partial charge in [0.1, 0.15) is 23.0 Å². The molecule has 2 atom stereocenters. The lowest BCUT2D eigenvalue weighted by Gasteiger charge is -2.53. The number of carbonyl (C=O) groups is 3. The number of aromatic carboxylic acids is 1. The molecule has 2 unspecified atom stereocenters. The number of thiophene rings is 1. The highest BCUT2D eigenvalue weighted by atomic mass is 32.2. The molecule has 4 bridgehead atoms. The van der Waals surface area contributed by atoms with Crippen LogP contribution in [0.5, 0.6) is 11.5 Å². The lowest BCUT2D eigenvalue weighted by Crippen LogP contribution is -2.55. The molecule has 0 saturated heterocycles. The van der Waals surface area contributed by atoms with E-state index in [4.69, 9.17) is 9.47 Å². The molecule has 1 aromatic heterocycles. The number of methoxy groups -OCH3 is 1. The summed E-state index contributed by atoms with van der Waals surface area (Å²) in [6.45, 7) is 1.69. The Morgan fingerprint density at radius 3 is 2.07 bits per heavy atom. The number of carbonyl (C=O) groups excluding carboxylic acids is 2. The Balaban J connectivity index is 1.42. The second-order valence-electron chi connectivity index (χ2n) is 11.7. The predicted octanol–water partition coefficient (Wildman–Crippen LogP) is 7.33. The molecule has 4 fully saturated rings. The number of hydrogen-bond acceptors (Lipinski definition) is 5. The van der Waals surface area contributed by atoms with Gasteiger partial charge in [0.2, 0.25) is 4.90 Å². The fraction of sp³-hybridized carbons (Fsp3) is 0.344. The Labute approximate surface area is 236 Å². The van der Waals surface area contributed by atoms with Crippen LogP contribution < -0.4 is 9.47 Å². The van der Waals surface area contributed by atoms with Gasteiger partial charge in [-0.05, 0) is 69.2 Å². The molecule has 4 aliphatic carbocycles. The van der Waals surface area contributed by atoms with Crippen LogP contribution >= 0.6 is 10.5 Å². The van der Waals surface area contributed by atoms with E-state index in [9.17, 15) is 28.3 Å². The maximum Gasteiger partial charge on any atom is 0.341 e. The van der Waals surface area contributed by atoms with Crippen LogP contribution in [0.4, 0.5) is 8.78 Å². The summed E-state index contributed by atoms with van der Waals surface area (Å²) in [5.41, 5.74) is -0.390. The Kier molecular flexibility index (Phi) is 5.77. The first-order chi connectivity index (χ1) is 19.6. The first kappa shape index (κ1) is 26.1. The normalized spacial score (nSPS) is 24.8. The molecule has 1 heterocycles.